The van der Waals surface area contributed by atoms with E-state index in [2.05, 4.69) is 16.8 Å². The van der Waals surface area contributed by atoms with E-state index in [1.807, 2.05) is 0 Å². The van der Waals surface area contributed by atoms with Crippen molar-refractivity contribution in [3.05, 3.63) is 30.5 Å². The van der Waals surface area contributed by atoms with Gasteiger partial charge in [0.05, 0.1) is 12.8 Å². The Morgan fingerprint density at radius 1 is 1.71 bits per heavy atom. The minimum atomic E-state index is -1.03. The number of carbonyl (C=O) groups is 1. The molecule has 1 aromatic rings. The summed E-state index contributed by atoms with van der Waals surface area (Å²) in [7, 11) is 1.58. The molecule has 0 aromatic carbocycles. The lowest BCUT2D eigenvalue weighted by atomic mass is 10.2. The van der Waals surface area contributed by atoms with Gasteiger partial charge in [0.2, 0.25) is 0 Å². The molecule has 0 bridgehead atoms. The minimum Gasteiger partial charge on any atom is -0.478 e. The van der Waals surface area contributed by atoms with Crippen LogP contribution in [0.2, 0.25) is 0 Å². The van der Waals surface area contributed by atoms with E-state index in [1.165, 1.54) is 12.3 Å². The molecule has 0 aliphatic heterocycles. The number of ether oxygens (including phenoxy) is 1. The Bertz CT molecular complexity index is 395. The second kappa shape index (κ2) is 6.59. The van der Waals surface area contributed by atoms with Crippen LogP contribution in [0.5, 0.6) is 0 Å². The second-order valence-corrected chi connectivity index (χ2v) is 3.30. The van der Waals surface area contributed by atoms with Crippen LogP contribution in [-0.2, 0) is 4.74 Å². The Morgan fingerprint density at radius 2 is 2.47 bits per heavy atom. The van der Waals surface area contributed by atoms with Gasteiger partial charge in [-0.3, -0.25) is 0 Å². The van der Waals surface area contributed by atoms with Crippen LogP contribution >= 0.6 is 0 Å². The summed E-state index contributed by atoms with van der Waals surface area (Å²) in [5.41, 5.74) is 0.123. The van der Waals surface area contributed by atoms with Gasteiger partial charge in [-0.1, -0.05) is 6.08 Å². The summed E-state index contributed by atoms with van der Waals surface area (Å²) in [5, 5.41) is 16.6. The molecule has 92 valence electrons. The van der Waals surface area contributed by atoms with Crippen molar-refractivity contribution in [2.75, 3.05) is 31.7 Å². The molecule has 1 N–H and O–H groups in total. The van der Waals surface area contributed by atoms with Crippen molar-refractivity contribution in [3.63, 3.8) is 0 Å². The first-order valence-electron chi connectivity index (χ1n) is 5.10. The molecule has 1 rings (SSSR count). The number of carboxylic acid groups (broad SMARTS) is 1. The van der Waals surface area contributed by atoms with Crippen molar-refractivity contribution in [2.24, 2.45) is 0 Å². The summed E-state index contributed by atoms with van der Waals surface area (Å²) in [6.07, 6.45) is 3.03. The quantitative estimate of drug-likeness (QED) is 0.707. The van der Waals surface area contributed by atoms with Crippen molar-refractivity contribution >= 4 is 11.8 Å². The molecule has 0 saturated heterocycles. The summed E-state index contributed by atoms with van der Waals surface area (Å²) in [6.45, 7) is 5.12. The van der Waals surface area contributed by atoms with E-state index in [0.29, 0.717) is 25.5 Å². The van der Waals surface area contributed by atoms with Crippen LogP contribution in [0, 0.1) is 0 Å². The molecule has 6 nitrogen and oxygen atoms in total. The maximum atomic E-state index is 11.1. The lowest BCUT2D eigenvalue weighted by Crippen LogP contribution is -2.30. The van der Waals surface area contributed by atoms with Crippen LogP contribution in [0.3, 0.4) is 0 Å². The molecule has 1 aromatic heterocycles. The first-order valence-corrected chi connectivity index (χ1v) is 5.10. The van der Waals surface area contributed by atoms with Crippen LogP contribution < -0.4 is 4.90 Å². The van der Waals surface area contributed by atoms with Crippen LogP contribution in [-0.4, -0.2) is 48.1 Å². The molecule has 0 saturated carbocycles. The molecule has 0 aliphatic rings. The number of aromatic nitrogens is 2. The largest absolute Gasteiger partial charge is 0.478 e. The normalized spacial score (nSPS) is 9.94. The maximum absolute atomic E-state index is 11.1. The number of rotatable bonds is 7. The average Bonchev–Trinajstić information content (AvgIpc) is 2.34. The standard InChI is InChI=1S/C11H15N3O3/c1-3-6-14(7-8-17-2)10-9(11(15)16)4-5-12-13-10/h3-5H,1,6-8H2,2H3,(H,15,16). The molecule has 0 atom stereocenters. The third-order valence-electron chi connectivity index (χ3n) is 2.15. The van der Waals surface area contributed by atoms with Gasteiger partial charge in [-0.2, -0.15) is 5.10 Å². The first-order chi connectivity index (χ1) is 8.20. The molecule has 6 heteroatoms. The zero-order valence-electron chi connectivity index (χ0n) is 9.67. The molecule has 0 aliphatic carbocycles. The van der Waals surface area contributed by atoms with E-state index < -0.39 is 5.97 Å². The Balaban J connectivity index is 2.99. The van der Waals surface area contributed by atoms with E-state index in [4.69, 9.17) is 9.84 Å². The Labute approximate surface area is 99.5 Å². The predicted molar refractivity (Wildman–Crippen MR) is 63.3 cm³/mol. The molecule has 17 heavy (non-hydrogen) atoms. The molecule has 0 fully saturated rings. The van der Waals surface area contributed by atoms with Crippen LogP contribution in [0.1, 0.15) is 10.4 Å². The highest BCUT2D eigenvalue weighted by Crippen LogP contribution is 2.15. The van der Waals surface area contributed by atoms with Crippen molar-refractivity contribution in [1.82, 2.24) is 10.2 Å². The van der Waals surface area contributed by atoms with E-state index in [0.717, 1.165) is 0 Å². The van der Waals surface area contributed by atoms with Gasteiger partial charge in [0.25, 0.3) is 0 Å². The summed E-state index contributed by atoms with van der Waals surface area (Å²) in [4.78, 5) is 12.8. The molecular formula is C11H15N3O3. The van der Waals surface area contributed by atoms with Gasteiger partial charge in [-0.25, -0.2) is 4.79 Å². The fourth-order valence-corrected chi connectivity index (χ4v) is 1.37. The minimum absolute atomic E-state index is 0.123. The lowest BCUT2D eigenvalue weighted by Gasteiger charge is -2.22. The van der Waals surface area contributed by atoms with Crippen LogP contribution in [0.15, 0.2) is 24.9 Å². The smallest absolute Gasteiger partial charge is 0.339 e. The highest BCUT2D eigenvalue weighted by Gasteiger charge is 2.16. The Hall–Kier alpha value is -1.95. The zero-order chi connectivity index (χ0) is 12.7. The first kappa shape index (κ1) is 13.1. The summed E-state index contributed by atoms with van der Waals surface area (Å²) in [5.74, 6) is -0.696. The van der Waals surface area contributed by atoms with Crippen LogP contribution in [0.4, 0.5) is 5.82 Å². The van der Waals surface area contributed by atoms with Crippen molar-refractivity contribution < 1.29 is 14.6 Å². The monoisotopic (exact) mass is 237 g/mol. The third-order valence-corrected chi connectivity index (χ3v) is 2.15. The van der Waals surface area contributed by atoms with Crippen molar-refractivity contribution in [1.29, 1.82) is 0 Å². The number of aromatic carboxylic acids is 1. The Kier molecular flexibility index (Phi) is 5.09. The molecule has 0 radical (unpaired) electrons. The predicted octanol–water partition coefficient (Wildman–Crippen LogP) is 0.814. The number of methoxy groups -OCH3 is 1. The SMILES string of the molecule is C=CCN(CCOC)c1nnccc1C(=O)O. The molecule has 1 heterocycles. The second-order valence-electron chi connectivity index (χ2n) is 3.30. The fraction of sp³-hybridized carbons (Fsp3) is 0.364. The molecule has 0 amide bonds. The number of hydrogen-bond donors (Lipinski definition) is 1. The number of carboxylic acids is 1. The molecule has 0 unspecified atom stereocenters. The third kappa shape index (κ3) is 3.53. The van der Waals surface area contributed by atoms with Gasteiger partial charge in [0, 0.05) is 20.2 Å². The van der Waals surface area contributed by atoms with E-state index >= 15 is 0 Å². The van der Waals surface area contributed by atoms with E-state index in [9.17, 15) is 4.79 Å². The zero-order valence-corrected chi connectivity index (χ0v) is 9.67. The highest BCUT2D eigenvalue weighted by atomic mass is 16.5. The summed E-state index contributed by atoms with van der Waals surface area (Å²) < 4.78 is 4.97. The fourth-order valence-electron chi connectivity index (χ4n) is 1.37. The number of nitrogens with zero attached hydrogens (tertiary/aromatic N) is 3. The Morgan fingerprint density at radius 3 is 3.06 bits per heavy atom. The van der Waals surface area contributed by atoms with Gasteiger partial charge in [0.15, 0.2) is 5.82 Å². The van der Waals surface area contributed by atoms with Gasteiger partial charge in [0.1, 0.15) is 5.56 Å². The van der Waals surface area contributed by atoms with Crippen molar-refractivity contribution in [2.45, 2.75) is 0 Å². The van der Waals surface area contributed by atoms with E-state index in [-0.39, 0.29) is 5.56 Å². The average molecular weight is 237 g/mol. The molecular weight excluding hydrogens is 222 g/mol. The van der Waals surface area contributed by atoms with Gasteiger partial charge in [-0.05, 0) is 6.07 Å². The van der Waals surface area contributed by atoms with Gasteiger partial charge >= 0.3 is 5.97 Å². The van der Waals surface area contributed by atoms with Crippen molar-refractivity contribution in [3.8, 4) is 0 Å². The summed E-state index contributed by atoms with van der Waals surface area (Å²) >= 11 is 0. The van der Waals surface area contributed by atoms with Gasteiger partial charge in [-0.15, -0.1) is 11.7 Å². The van der Waals surface area contributed by atoms with Crippen LogP contribution in [0.25, 0.3) is 0 Å². The lowest BCUT2D eigenvalue weighted by molar-refractivity contribution is 0.0696. The maximum Gasteiger partial charge on any atom is 0.339 e. The summed E-state index contributed by atoms with van der Waals surface area (Å²) in [6, 6.07) is 1.42. The van der Waals surface area contributed by atoms with Gasteiger partial charge < -0.3 is 14.7 Å². The number of anilines is 1. The highest BCUT2D eigenvalue weighted by molar-refractivity contribution is 5.93. The topological polar surface area (TPSA) is 75.5 Å². The number of hydrogen-bond acceptors (Lipinski definition) is 5. The molecule has 0 spiro atoms. The van der Waals surface area contributed by atoms with E-state index in [1.54, 1.807) is 18.1 Å².